The van der Waals surface area contributed by atoms with Crippen LogP contribution in [0.3, 0.4) is 0 Å². The van der Waals surface area contributed by atoms with Gasteiger partial charge in [-0.15, -0.1) is 0 Å². The van der Waals surface area contributed by atoms with Crippen LogP contribution in [0.25, 0.3) is 0 Å². The lowest BCUT2D eigenvalue weighted by molar-refractivity contribution is -0.00551. The first-order chi connectivity index (χ1) is 7.65. The third kappa shape index (κ3) is 2.90. The van der Waals surface area contributed by atoms with Gasteiger partial charge < -0.3 is 4.74 Å². The Morgan fingerprint density at radius 3 is 3.06 bits per heavy atom. The Morgan fingerprint density at radius 1 is 1.56 bits per heavy atom. The van der Waals surface area contributed by atoms with E-state index in [1.165, 1.54) is 0 Å². The molecule has 0 aliphatic carbocycles. The highest BCUT2D eigenvalue weighted by Crippen LogP contribution is 2.12. The molecule has 1 aliphatic rings. The van der Waals surface area contributed by atoms with Gasteiger partial charge in [-0.25, -0.2) is 9.97 Å². The second-order valence-corrected chi connectivity index (χ2v) is 4.53. The van der Waals surface area contributed by atoms with Crippen molar-refractivity contribution >= 4 is 11.6 Å². The minimum atomic E-state index is 0.414. The molecule has 0 saturated carbocycles. The smallest absolute Gasteiger partial charge is 0.144 e. The number of hydrogen-bond acceptors (Lipinski definition) is 4. The molecule has 4 nitrogen and oxygen atoms in total. The lowest BCUT2D eigenvalue weighted by atomic mass is 10.2. The highest BCUT2D eigenvalue weighted by Gasteiger charge is 2.19. The van der Waals surface area contributed by atoms with E-state index in [0.717, 1.165) is 37.8 Å². The van der Waals surface area contributed by atoms with E-state index >= 15 is 0 Å². The van der Waals surface area contributed by atoms with Crippen molar-refractivity contribution in [2.45, 2.75) is 26.4 Å². The summed E-state index contributed by atoms with van der Waals surface area (Å²) in [6.45, 7) is 7.31. The molecule has 1 atom stereocenters. The van der Waals surface area contributed by atoms with Gasteiger partial charge in [-0.2, -0.15) is 0 Å². The van der Waals surface area contributed by atoms with Gasteiger partial charge in [-0.1, -0.05) is 11.6 Å². The fraction of sp³-hybridized carbons (Fsp3) is 0.636. The zero-order valence-electron chi connectivity index (χ0n) is 9.61. The van der Waals surface area contributed by atoms with Crippen LogP contribution in [0.15, 0.2) is 6.07 Å². The molecule has 5 heteroatoms. The van der Waals surface area contributed by atoms with E-state index in [4.69, 9.17) is 16.3 Å². The molecule has 0 radical (unpaired) electrons. The average molecular weight is 242 g/mol. The Bertz CT molecular complexity index is 352. The van der Waals surface area contributed by atoms with Crippen molar-refractivity contribution in [3.63, 3.8) is 0 Å². The van der Waals surface area contributed by atoms with Crippen molar-refractivity contribution in [1.82, 2.24) is 14.9 Å². The topological polar surface area (TPSA) is 38.2 Å². The maximum Gasteiger partial charge on any atom is 0.144 e. The van der Waals surface area contributed by atoms with Gasteiger partial charge in [0, 0.05) is 18.3 Å². The van der Waals surface area contributed by atoms with E-state index in [1.54, 1.807) is 6.07 Å². The molecule has 0 aromatic carbocycles. The van der Waals surface area contributed by atoms with Crippen LogP contribution in [-0.4, -0.2) is 40.7 Å². The number of ether oxygens (including phenoxy) is 1. The number of nitrogens with zero attached hydrogens (tertiary/aromatic N) is 3. The first kappa shape index (κ1) is 11.8. The first-order valence-electron chi connectivity index (χ1n) is 5.47. The summed E-state index contributed by atoms with van der Waals surface area (Å²) in [6.07, 6.45) is 0. The van der Waals surface area contributed by atoms with E-state index < -0.39 is 0 Å². The Morgan fingerprint density at radius 2 is 2.38 bits per heavy atom. The lowest BCUT2D eigenvalue weighted by Gasteiger charge is -2.32. The van der Waals surface area contributed by atoms with Crippen molar-refractivity contribution < 1.29 is 4.74 Å². The zero-order chi connectivity index (χ0) is 11.5. The van der Waals surface area contributed by atoms with Gasteiger partial charge in [-0.05, 0) is 19.9 Å². The number of aryl methyl sites for hydroxylation is 1. The lowest BCUT2D eigenvalue weighted by Crippen LogP contribution is -2.43. The molecule has 2 rings (SSSR count). The predicted molar refractivity (Wildman–Crippen MR) is 62.5 cm³/mol. The van der Waals surface area contributed by atoms with E-state index in [-0.39, 0.29) is 0 Å². The summed E-state index contributed by atoms with van der Waals surface area (Å²) in [4.78, 5) is 10.9. The summed E-state index contributed by atoms with van der Waals surface area (Å²) in [5.41, 5.74) is 0.913. The predicted octanol–water partition coefficient (Wildman–Crippen LogP) is 1.66. The summed E-state index contributed by atoms with van der Waals surface area (Å²) < 4.78 is 5.39. The summed E-state index contributed by atoms with van der Waals surface area (Å²) in [7, 11) is 0. The molecule has 88 valence electrons. The van der Waals surface area contributed by atoms with Crippen LogP contribution in [0.1, 0.15) is 18.4 Å². The van der Waals surface area contributed by atoms with E-state index in [9.17, 15) is 0 Å². The standard InChI is InChI=1S/C11H16ClN3O/c1-8-5-10(12)14-11(13-8)6-15-3-4-16-7-9(15)2/h5,9H,3-4,6-7H2,1-2H3. The zero-order valence-corrected chi connectivity index (χ0v) is 10.4. The molecule has 1 aromatic heterocycles. The van der Waals surface area contributed by atoms with Gasteiger partial charge in [0.1, 0.15) is 11.0 Å². The molecule has 0 N–H and O–H groups in total. The van der Waals surface area contributed by atoms with Crippen LogP contribution in [0.2, 0.25) is 5.15 Å². The summed E-state index contributed by atoms with van der Waals surface area (Å²) in [5.74, 6) is 0.791. The van der Waals surface area contributed by atoms with Gasteiger partial charge in [-0.3, -0.25) is 4.90 Å². The summed E-state index contributed by atoms with van der Waals surface area (Å²) in [6, 6.07) is 2.19. The minimum Gasteiger partial charge on any atom is -0.379 e. The number of hydrogen-bond donors (Lipinski definition) is 0. The summed E-state index contributed by atoms with van der Waals surface area (Å²) in [5, 5.41) is 0.517. The van der Waals surface area contributed by atoms with Crippen LogP contribution in [0.5, 0.6) is 0 Å². The van der Waals surface area contributed by atoms with E-state index in [1.807, 2.05) is 6.92 Å². The SMILES string of the molecule is Cc1cc(Cl)nc(CN2CCOCC2C)n1. The van der Waals surface area contributed by atoms with Crippen LogP contribution >= 0.6 is 11.6 Å². The minimum absolute atomic E-state index is 0.414. The second kappa shape index (κ2) is 5.08. The molecule has 1 fully saturated rings. The molecule has 1 aromatic rings. The highest BCUT2D eigenvalue weighted by molar-refractivity contribution is 6.29. The molecule has 0 bridgehead atoms. The second-order valence-electron chi connectivity index (χ2n) is 4.14. The van der Waals surface area contributed by atoms with Crippen molar-refractivity contribution in [2.75, 3.05) is 19.8 Å². The van der Waals surface area contributed by atoms with Gasteiger partial charge >= 0.3 is 0 Å². The number of rotatable bonds is 2. The third-order valence-electron chi connectivity index (χ3n) is 2.72. The summed E-state index contributed by atoms with van der Waals surface area (Å²) >= 11 is 5.91. The first-order valence-corrected chi connectivity index (χ1v) is 5.85. The van der Waals surface area contributed by atoms with Gasteiger partial charge in [0.15, 0.2) is 0 Å². The Labute approximate surface area is 101 Å². The monoisotopic (exact) mass is 241 g/mol. The van der Waals surface area contributed by atoms with Crippen molar-refractivity contribution in [1.29, 1.82) is 0 Å². The van der Waals surface area contributed by atoms with Gasteiger partial charge in [0.2, 0.25) is 0 Å². The normalized spacial score (nSPS) is 22.3. The van der Waals surface area contributed by atoms with Crippen molar-refractivity contribution in [3.05, 3.63) is 22.7 Å². The van der Waals surface area contributed by atoms with Crippen LogP contribution in [0.4, 0.5) is 0 Å². The maximum absolute atomic E-state index is 5.91. The van der Waals surface area contributed by atoms with Gasteiger partial charge in [0.25, 0.3) is 0 Å². The fourth-order valence-corrected chi connectivity index (χ4v) is 2.09. The van der Waals surface area contributed by atoms with Crippen LogP contribution in [0, 0.1) is 6.92 Å². The third-order valence-corrected chi connectivity index (χ3v) is 2.91. The average Bonchev–Trinajstić information content (AvgIpc) is 2.20. The van der Waals surface area contributed by atoms with Crippen molar-refractivity contribution in [3.8, 4) is 0 Å². The highest BCUT2D eigenvalue weighted by atomic mass is 35.5. The Hall–Kier alpha value is -0.710. The number of morpholine rings is 1. The molecule has 1 saturated heterocycles. The molecular weight excluding hydrogens is 226 g/mol. The molecule has 0 spiro atoms. The molecule has 1 unspecified atom stereocenters. The maximum atomic E-state index is 5.91. The largest absolute Gasteiger partial charge is 0.379 e. The Kier molecular flexibility index (Phi) is 3.74. The van der Waals surface area contributed by atoms with Gasteiger partial charge in [0.05, 0.1) is 19.8 Å². The van der Waals surface area contributed by atoms with E-state index in [2.05, 4.69) is 21.8 Å². The van der Waals surface area contributed by atoms with Crippen LogP contribution < -0.4 is 0 Å². The quantitative estimate of drug-likeness (QED) is 0.739. The van der Waals surface area contributed by atoms with E-state index in [0.29, 0.717) is 11.2 Å². The molecule has 16 heavy (non-hydrogen) atoms. The van der Waals surface area contributed by atoms with Crippen LogP contribution in [-0.2, 0) is 11.3 Å². The molecule has 1 aliphatic heterocycles. The molecular formula is C11H16ClN3O. The Balaban J connectivity index is 2.07. The van der Waals surface area contributed by atoms with Crippen molar-refractivity contribution in [2.24, 2.45) is 0 Å². The fourth-order valence-electron chi connectivity index (χ4n) is 1.84. The molecule has 2 heterocycles. The number of halogens is 1. The molecule has 0 amide bonds. The number of aromatic nitrogens is 2.